The molecule has 0 unspecified atom stereocenters. The fourth-order valence-electron chi connectivity index (χ4n) is 2.12. The Hall–Kier alpha value is -2.02. The van der Waals surface area contributed by atoms with Crippen molar-refractivity contribution in [3.63, 3.8) is 0 Å². The summed E-state index contributed by atoms with van der Waals surface area (Å²) in [5, 5.41) is 1.03. The lowest BCUT2D eigenvalue weighted by molar-refractivity contribution is 0.627. The molecule has 0 fully saturated rings. The number of aromatic nitrogens is 2. The van der Waals surface area contributed by atoms with Crippen molar-refractivity contribution in [2.45, 2.75) is 0 Å². The molecule has 2 heterocycles. The van der Waals surface area contributed by atoms with E-state index in [9.17, 15) is 4.39 Å². The van der Waals surface area contributed by atoms with Gasteiger partial charge in [0, 0.05) is 23.3 Å². The second-order valence-electron chi connectivity index (χ2n) is 4.40. The first-order valence-corrected chi connectivity index (χ1v) is 7.55. The molecule has 21 heavy (non-hydrogen) atoms. The summed E-state index contributed by atoms with van der Waals surface area (Å²) >= 11 is 2.07. The Bertz CT molecular complexity index is 819. The minimum absolute atomic E-state index is 0.256. The van der Waals surface area contributed by atoms with Gasteiger partial charge < -0.3 is 4.98 Å². The molecule has 0 aliphatic carbocycles. The fraction of sp³-hybridized carbons (Fsp3) is 0. The van der Waals surface area contributed by atoms with Crippen LogP contribution >= 0.6 is 22.6 Å². The van der Waals surface area contributed by atoms with Gasteiger partial charge in [0.1, 0.15) is 11.5 Å². The van der Waals surface area contributed by atoms with Gasteiger partial charge in [0.05, 0.1) is 9.92 Å². The Kier molecular flexibility index (Phi) is 4.10. The molecular formula is C16H11FIN3. The van der Waals surface area contributed by atoms with E-state index in [1.807, 2.05) is 24.4 Å². The molecule has 0 aliphatic rings. The van der Waals surface area contributed by atoms with E-state index >= 15 is 0 Å². The fourth-order valence-corrected chi connectivity index (χ4v) is 2.42. The predicted octanol–water partition coefficient (Wildman–Crippen LogP) is 4.66. The van der Waals surface area contributed by atoms with Gasteiger partial charge in [-0.3, -0.25) is 0 Å². The lowest BCUT2D eigenvalue weighted by Gasteiger charge is -2.03. The number of nitrogens with zero attached hydrogens (tertiary/aromatic N) is 2. The summed E-state index contributed by atoms with van der Waals surface area (Å²) in [7, 11) is 0. The summed E-state index contributed by atoms with van der Waals surface area (Å²) < 4.78 is 14.8. The molecule has 0 saturated carbocycles. The first-order valence-electron chi connectivity index (χ1n) is 6.30. The lowest BCUT2D eigenvalue weighted by atomic mass is 10.1. The molecule has 3 rings (SSSR count). The molecule has 5 heteroatoms. The Morgan fingerprint density at radius 1 is 1.19 bits per heavy atom. The number of aliphatic imine (C=N–C) groups is 1. The summed E-state index contributed by atoms with van der Waals surface area (Å²) in [5.41, 5.74) is 3.49. The zero-order chi connectivity index (χ0) is 14.7. The molecule has 0 spiro atoms. The van der Waals surface area contributed by atoms with Gasteiger partial charge in [0.25, 0.3) is 0 Å². The van der Waals surface area contributed by atoms with E-state index in [-0.39, 0.29) is 5.82 Å². The van der Waals surface area contributed by atoms with Crippen molar-refractivity contribution in [2.75, 3.05) is 0 Å². The van der Waals surface area contributed by atoms with Gasteiger partial charge in [0.2, 0.25) is 0 Å². The maximum atomic E-state index is 13.1. The van der Waals surface area contributed by atoms with Crippen LogP contribution in [0, 0.1) is 5.82 Å². The van der Waals surface area contributed by atoms with Crippen molar-refractivity contribution < 1.29 is 4.39 Å². The summed E-state index contributed by atoms with van der Waals surface area (Å²) in [6, 6.07) is 10.2. The normalized spacial score (nSPS) is 12.4. The van der Waals surface area contributed by atoms with Crippen molar-refractivity contribution in [3.05, 3.63) is 65.7 Å². The zero-order valence-electron chi connectivity index (χ0n) is 10.9. The third-order valence-corrected chi connectivity index (χ3v) is 3.39. The number of hydrogen-bond donors (Lipinski definition) is 1. The molecule has 0 aliphatic heterocycles. The van der Waals surface area contributed by atoms with Crippen LogP contribution in [-0.4, -0.2) is 14.2 Å². The third-order valence-electron chi connectivity index (χ3n) is 3.11. The van der Waals surface area contributed by atoms with Crippen LogP contribution < -0.4 is 0 Å². The largest absolute Gasteiger partial charge is 0.346 e. The van der Waals surface area contributed by atoms with E-state index < -0.39 is 0 Å². The molecule has 0 bridgehead atoms. The highest BCUT2D eigenvalue weighted by Crippen LogP contribution is 2.24. The number of halogens is 2. The first kappa shape index (κ1) is 13.9. The van der Waals surface area contributed by atoms with Crippen LogP contribution in [-0.2, 0) is 0 Å². The Balaban J connectivity index is 2.12. The summed E-state index contributed by atoms with van der Waals surface area (Å²) in [6.07, 6.45) is 5.58. The number of H-pyrrole nitrogens is 1. The SMILES string of the molecule is Fc1ccc(/C(=C\c2ccnc3[nH]ccc23)N=CI)cc1. The third kappa shape index (κ3) is 3.02. The maximum Gasteiger partial charge on any atom is 0.137 e. The molecular weight excluding hydrogens is 380 g/mol. The average Bonchev–Trinajstić information content (AvgIpc) is 2.97. The quantitative estimate of drug-likeness (QED) is 0.512. The van der Waals surface area contributed by atoms with Gasteiger partial charge in [-0.1, -0.05) is 0 Å². The van der Waals surface area contributed by atoms with Crippen LogP contribution in [0.4, 0.5) is 4.39 Å². The standard InChI is InChI=1S/C16H11FIN3/c17-13-3-1-11(2-4-13)15(21-10-18)9-12-5-7-19-16-14(12)6-8-20-16/h1-10H,(H,19,20)/b15-9+,21-10?. The van der Waals surface area contributed by atoms with E-state index in [0.29, 0.717) is 0 Å². The molecule has 3 nitrogen and oxygen atoms in total. The van der Waals surface area contributed by atoms with Crippen LogP contribution in [0.5, 0.6) is 0 Å². The Morgan fingerprint density at radius 2 is 2.00 bits per heavy atom. The smallest absolute Gasteiger partial charge is 0.137 e. The predicted molar refractivity (Wildman–Crippen MR) is 92.9 cm³/mol. The van der Waals surface area contributed by atoms with Crippen molar-refractivity contribution >= 4 is 49.6 Å². The Labute approximate surface area is 134 Å². The second-order valence-corrected chi connectivity index (χ2v) is 4.96. The Morgan fingerprint density at radius 3 is 2.76 bits per heavy atom. The molecule has 1 aromatic carbocycles. The number of benzene rings is 1. The van der Waals surface area contributed by atoms with E-state index in [2.05, 4.69) is 37.6 Å². The molecule has 2 aromatic heterocycles. The summed E-state index contributed by atoms with van der Waals surface area (Å²) in [5.74, 6) is -0.256. The second kappa shape index (κ2) is 6.17. The average molecular weight is 391 g/mol. The molecule has 1 N–H and O–H groups in total. The van der Waals surface area contributed by atoms with E-state index in [4.69, 9.17) is 0 Å². The summed E-state index contributed by atoms with van der Waals surface area (Å²) in [4.78, 5) is 11.7. The van der Waals surface area contributed by atoms with Gasteiger partial charge in [0.15, 0.2) is 0 Å². The van der Waals surface area contributed by atoms with E-state index in [0.717, 1.165) is 27.9 Å². The summed E-state index contributed by atoms with van der Waals surface area (Å²) in [6.45, 7) is 0. The van der Waals surface area contributed by atoms with Crippen LogP contribution in [0.1, 0.15) is 11.1 Å². The monoisotopic (exact) mass is 391 g/mol. The minimum Gasteiger partial charge on any atom is -0.346 e. The number of fused-ring (bicyclic) bond motifs is 1. The number of rotatable bonds is 3. The molecule has 104 valence electrons. The highest BCUT2D eigenvalue weighted by atomic mass is 127. The van der Waals surface area contributed by atoms with Crippen LogP contribution in [0.3, 0.4) is 0 Å². The number of aromatic amines is 1. The number of pyridine rings is 1. The van der Waals surface area contributed by atoms with Crippen molar-refractivity contribution in [2.24, 2.45) is 4.99 Å². The van der Waals surface area contributed by atoms with Gasteiger partial charge in [-0.15, -0.1) is 0 Å². The molecule has 0 atom stereocenters. The molecule has 0 saturated heterocycles. The first-order chi connectivity index (χ1) is 10.3. The van der Waals surface area contributed by atoms with Crippen LogP contribution in [0.2, 0.25) is 0 Å². The maximum absolute atomic E-state index is 13.1. The van der Waals surface area contributed by atoms with Crippen molar-refractivity contribution in [3.8, 4) is 0 Å². The highest BCUT2D eigenvalue weighted by Gasteiger charge is 2.04. The zero-order valence-corrected chi connectivity index (χ0v) is 13.1. The van der Waals surface area contributed by atoms with Crippen molar-refractivity contribution in [1.82, 2.24) is 9.97 Å². The lowest BCUT2D eigenvalue weighted by Crippen LogP contribution is -1.85. The molecule has 0 radical (unpaired) electrons. The van der Waals surface area contributed by atoms with Crippen LogP contribution in [0.15, 0.2) is 53.8 Å². The number of hydrogen-bond acceptors (Lipinski definition) is 2. The van der Waals surface area contributed by atoms with Gasteiger partial charge in [-0.05, 0) is 70.6 Å². The van der Waals surface area contributed by atoms with Crippen molar-refractivity contribution in [1.29, 1.82) is 0 Å². The van der Waals surface area contributed by atoms with E-state index in [1.54, 1.807) is 22.6 Å². The minimum atomic E-state index is -0.256. The van der Waals surface area contributed by atoms with E-state index in [1.165, 1.54) is 12.1 Å². The molecule has 0 amide bonds. The highest BCUT2D eigenvalue weighted by molar-refractivity contribution is 14.1. The molecule has 3 aromatic rings. The van der Waals surface area contributed by atoms with Gasteiger partial charge >= 0.3 is 0 Å². The van der Waals surface area contributed by atoms with Gasteiger partial charge in [-0.25, -0.2) is 14.4 Å². The number of nitrogens with one attached hydrogen (secondary N) is 1. The van der Waals surface area contributed by atoms with Crippen LogP contribution in [0.25, 0.3) is 22.8 Å². The van der Waals surface area contributed by atoms with Gasteiger partial charge in [-0.2, -0.15) is 0 Å². The topological polar surface area (TPSA) is 41.0 Å².